The molecule has 0 aliphatic carbocycles. The van der Waals surface area contributed by atoms with Gasteiger partial charge in [0.2, 0.25) is 0 Å². The smallest absolute Gasteiger partial charge is 0.120 e. The number of nitrogens with zero attached hydrogens (tertiary/aromatic N) is 2. The summed E-state index contributed by atoms with van der Waals surface area (Å²) in [5.41, 5.74) is 5.23. The van der Waals surface area contributed by atoms with Gasteiger partial charge in [-0.3, -0.25) is 9.80 Å². The standard InChI is InChI=1S/C31H32N2O/c1-4-11-26(12-5-1)25-34-30-18-10-13-27(23-30)24-32-19-21-33(22-20-32)31(28-14-6-2-7-15-28)29-16-8-3-9-17-29/h1-18,23,31H,19-22,24-25H2. The molecule has 172 valence electrons. The first kappa shape index (κ1) is 22.4. The minimum absolute atomic E-state index is 0.305. The number of rotatable bonds is 8. The van der Waals surface area contributed by atoms with Gasteiger partial charge in [0.05, 0.1) is 6.04 Å². The number of piperazine rings is 1. The number of hydrogen-bond donors (Lipinski definition) is 0. The Bertz CT molecular complexity index is 1100. The topological polar surface area (TPSA) is 15.7 Å². The monoisotopic (exact) mass is 448 g/mol. The normalized spacial score (nSPS) is 14.9. The van der Waals surface area contributed by atoms with Crippen LogP contribution in [0.1, 0.15) is 28.3 Å². The van der Waals surface area contributed by atoms with E-state index in [-0.39, 0.29) is 0 Å². The predicted octanol–water partition coefficient (Wildman–Crippen LogP) is 6.17. The molecular formula is C31H32N2O. The zero-order valence-corrected chi connectivity index (χ0v) is 19.6. The molecule has 3 heteroatoms. The van der Waals surface area contributed by atoms with E-state index in [0.717, 1.165) is 38.5 Å². The summed E-state index contributed by atoms with van der Waals surface area (Å²) >= 11 is 0. The second-order valence-electron chi connectivity index (χ2n) is 8.96. The van der Waals surface area contributed by atoms with Crippen LogP contribution < -0.4 is 4.74 Å². The lowest BCUT2D eigenvalue weighted by Gasteiger charge is -2.40. The van der Waals surface area contributed by atoms with Crippen molar-refractivity contribution < 1.29 is 4.74 Å². The van der Waals surface area contributed by atoms with E-state index in [1.165, 1.54) is 22.3 Å². The first-order valence-electron chi connectivity index (χ1n) is 12.2. The van der Waals surface area contributed by atoms with Crippen LogP contribution in [-0.4, -0.2) is 36.0 Å². The molecule has 0 saturated carbocycles. The van der Waals surface area contributed by atoms with Crippen molar-refractivity contribution in [2.75, 3.05) is 26.2 Å². The largest absolute Gasteiger partial charge is 0.489 e. The molecule has 1 saturated heterocycles. The Morgan fingerprint density at radius 3 is 1.76 bits per heavy atom. The maximum absolute atomic E-state index is 6.04. The molecule has 0 N–H and O–H groups in total. The highest BCUT2D eigenvalue weighted by Crippen LogP contribution is 2.29. The van der Waals surface area contributed by atoms with E-state index in [4.69, 9.17) is 4.74 Å². The molecule has 3 nitrogen and oxygen atoms in total. The summed E-state index contributed by atoms with van der Waals surface area (Å²) in [5, 5.41) is 0. The highest BCUT2D eigenvalue weighted by molar-refractivity contribution is 5.32. The molecule has 0 amide bonds. The molecule has 0 unspecified atom stereocenters. The molecule has 0 aromatic heterocycles. The molecule has 0 atom stereocenters. The Morgan fingerprint density at radius 1 is 0.588 bits per heavy atom. The van der Waals surface area contributed by atoms with Crippen molar-refractivity contribution in [2.45, 2.75) is 19.2 Å². The second-order valence-corrected chi connectivity index (χ2v) is 8.96. The van der Waals surface area contributed by atoms with Gasteiger partial charge in [-0.2, -0.15) is 0 Å². The van der Waals surface area contributed by atoms with Crippen molar-refractivity contribution in [1.82, 2.24) is 9.80 Å². The van der Waals surface area contributed by atoms with E-state index in [1.807, 2.05) is 6.07 Å². The van der Waals surface area contributed by atoms with Crippen LogP contribution in [0.3, 0.4) is 0 Å². The SMILES string of the molecule is c1ccc(COc2cccc(CN3CCN(C(c4ccccc4)c4ccccc4)CC3)c2)cc1. The molecule has 1 fully saturated rings. The third-order valence-corrected chi connectivity index (χ3v) is 6.56. The fourth-order valence-corrected chi connectivity index (χ4v) is 4.80. The van der Waals surface area contributed by atoms with E-state index in [1.54, 1.807) is 0 Å². The lowest BCUT2D eigenvalue weighted by molar-refractivity contribution is 0.105. The predicted molar refractivity (Wildman–Crippen MR) is 139 cm³/mol. The van der Waals surface area contributed by atoms with Gasteiger partial charge in [-0.1, -0.05) is 103 Å². The van der Waals surface area contributed by atoms with Crippen LogP contribution in [0.5, 0.6) is 5.75 Å². The van der Waals surface area contributed by atoms with Gasteiger partial charge in [-0.15, -0.1) is 0 Å². The number of ether oxygens (including phenoxy) is 1. The average Bonchev–Trinajstić information content (AvgIpc) is 2.91. The minimum Gasteiger partial charge on any atom is -0.489 e. The van der Waals surface area contributed by atoms with E-state index < -0.39 is 0 Å². The third-order valence-electron chi connectivity index (χ3n) is 6.56. The van der Waals surface area contributed by atoms with Crippen molar-refractivity contribution >= 4 is 0 Å². The van der Waals surface area contributed by atoms with Crippen molar-refractivity contribution in [1.29, 1.82) is 0 Å². The third kappa shape index (κ3) is 5.74. The van der Waals surface area contributed by atoms with Gasteiger partial charge in [0.15, 0.2) is 0 Å². The molecule has 0 radical (unpaired) electrons. The first-order valence-corrected chi connectivity index (χ1v) is 12.2. The summed E-state index contributed by atoms with van der Waals surface area (Å²) in [6.45, 7) is 5.79. The van der Waals surface area contributed by atoms with E-state index in [0.29, 0.717) is 12.6 Å². The van der Waals surface area contributed by atoms with Crippen LogP contribution in [0.15, 0.2) is 115 Å². The summed E-state index contributed by atoms with van der Waals surface area (Å²) in [6, 6.07) is 41.0. The molecule has 4 aromatic rings. The van der Waals surface area contributed by atoms with Crippen LogP contribution in [0.2, 0.25) is 0 Å². The zero-order valence-electron chi connectivity index (χ0n) is 19.6. The maximum atomic E-state index is 6.04. The molecule has 0 bridgehead atoms. The van der Waals surface area contributed by atoms with Crippen LogP contribution in [0.4, 0.5) is 0 Å². The summed E-state index contributed by atoms with van der Waals surface area (Å²) < 4.78 is 6.04. The van der Waals surface area contributed by atoms with Crippen molar-refractivity contribution in [3.8, 4) is 5.75 Å². The lowest BCUT2D eigenvalue weighted by Crippen LogP contribution is -2.47. The molecule has 0 spiro atoms. The highest BCUT2D eigenvalue weighted by Gasteiger charge is 2.26. The van der Waals surface area contributed by atoms with Gasteiger partial charge in [0.25, 0.3) is 0 Å². The Morgan fingerprint density at radius 2 is 1.15 bits per heavy atom. The molecule has 34 heavy (non-hydrogen) atoms. The number of benzene rings is 4. The van der Waals surface area contributed by atoms with Gasteiger partial charge < -0.3 is 4.74 Å². The lowest BCUT2D eigenvalue weighted by atomic mass is 9.96. The molecule has 4 aromatic carbocycles. The molecule has 1 heterocycles. The quantitative estimate of drug-likeness (QED) is 0.320. The summed E-state index contributed by atoms with van der Waals surface area (Å²) in [6.07, 6.45) is 0. The van der Waals surface area contributed by atoms with Gasteiger partial charge in [0, 0.05) is 32.7 Å². The summed E-state index contributed by atoms with van der Waals surface area (Å²) in [4.78, 5) is 5.18. The van der Waals surface area contributed by atoms with Gasteiger partial charge in [-0.25, -0.2) is 0 Å². The molecular weight excluding hydrogens is 416 g/mol. The van der Waals surface area contributed by atoms with Crippen LogP contribution in [0, 0.1) is 0 Å². The molecule has 1 aliphatic heterocycles. The van der Waals surface area contributed by atoms with Gasteiger partial charge >= 0.3 is 0 Å². The van der Waals surface area contributed by atoms with Crippen LogP contribution in [-0.2, 0) is 13.2 Å². The second kappa shape index (κ2) is 11.1. The van der Waals surface area contributed by atoms with Gasteiger partial charge in [-0.05, 0) is 34.4 Å². The van der Waals surface area contributed by atoms with E-state index in [9.17, 15) is 0 Å². The Labute approximate surface area is 203 Å². The van der Waals surface area contributed by atoms with Crippen LogP contribution >= 0.6 is 0 Å². The zero-order chi connectivity index (χ0) is 23.0. The van der Waals surface area contributed by atoms with Crippen LogP contribution in [0.25, 0.3) is 0 Å². The Balaban J connectivity index is 1.20. The highest BCUT2D eigenvalue weighted by atomic mass is 16.5. The molecule has 1 aliphatic rings. The Kier molecular flexibility index (Phi) is 7.34. The fourth-order valence-electron chi connectivity index (χ4n) is 4.80. The van der Waals surface area contributed by atoms with E-state index in [2.05, 4.69) is 119 Å². The van der Waals surface area contributed by atoms with Crippen molar-refractivity contribution in [3.63, 3.8) is 0 Å². The van der Waals surface area contributed by atoms with Crippen molar-refractivity contribution in [2.24, 2.45) is 0 Å². The maximum Gasteiger partial charge on any atom is 0.120 e. The average molecular weight is 449 g/mol. The number of hydrogen-bond acceptors (Lipinski definition) is 3. The van der Waals surface area contributed by atoms with E-state index >= 15 is 0 Å². The summed E-state index contributed by atoms with van der Waals surface area (Å²) in [5.74, 6) is 0.938. The first-order chi connectivity index (χ1) is 16.8. The summed E-state index contributed by atoms with van der Waals surface area (Å²) in [7, 11) is 0. The fraction of sp³-hybridized carbons (Fsp3) is 0.226. The minimum atomic E-state index is 0.305. The van der Waals surface area contributed by atoms with Crippen molar-refractivity contribution in [3.05, 3.63) is 138 Å². The van der Waals surface area contributed by atoms with Gasteiger partial charge in [0.1, 0.15) is 12.4 Å². The Hall–Kier alpha value is -3.40. The molecule has 5 rings (SSSR count).